The van der Waals surface area contributed by atoms with Crippen LogP contribution in [-0.2, 0) is 11.8 Å². The minimum absolute atomic E-state index is 0.243. The van der Waals surface area contributed by atoms with Gasteiger partial charge in [-0.15, -0.1) is 0 Å². The number of allylic oxidation sites excluding steroid dienone is 1. The Morgan fingerprint density at radius 3 is 2.55 bits per heavy atom. The first-order valence-electron chi connectivity index (χ1n) is 9.62. The Hall–Kier alpha value is -3.28. The van der Waals surface area contributed by atoms with Gasteiger partial charge < -0.3 is 5.21 Å². The van der Waals surface area contributed by atoms with Crippen molar-refractivity contribution in [1.82, 2.24) is 10.2 Å². The van der Waals surface area contributed by atoms with Crippen LogP contribution in [0.5, 0.6) is 0 Å². The molecule has 2 aromatic carbocycles. The summed E-state index contributed by atoms with van der Waals surface area (Å²) >= 11 is 0. The Kier molecular flexibility index (Phi) is 4.08. The summed E-state index contributed by atoms with van der Waals surface area (Å²) in [5.74, 6) is -1.49. The maximum atomic E-state index is 14.1. The van der Waals surface area contributed by atoms with Gasteiger partial charge in [0.2, 0.25) is 0 Å². The Morgan fingerprint density at radius 1 is 1.07 bits per heavy atom. The molecule has 6 heteroatoms. The van der Waals surface area contributed by atoms with E-state index in [-0.39, 0.29) is 5.92 Å². The first-order chi connectivity index (χ1) is 14.1. The van der Waals surface area contributed by atoms with Gasteiger partial charge >= 0.3 is 0 Å². The van der Waals surface area contributed by atoms with Gasteiger partial charge in [-0.2, -0.15) is 5.10 Å². The summed E-state index contributed by atoms with van der Waals surface area (Å²) in [6, 6.07) is 13.8. The fourth-order valence-electron chi connectivity index (χ4n) is 4.21. The SMILES string of the molecule is ON=C(c1n[nH]c2c1C=CC(c1ccccc1)(c1ccc(F)c(F)c1)C2)C1CC1. The van der Waals surface area contributed by atoms with E-state index >= 15 is 0 Å². The second-order valence-corrected chi connectivity index (χ2v) is 7.70. The Balaban J connectivity index is 1.65. The van der Waals surface area contributed by atoms with Crippen LogP contribution in [0.2, 0.25) is 0 Å². The quantitative estimate of drug-likeness (QED) is 0.380. The number of aromatic amines is 1. The molecule has 0 amide bonds. The first-order valence-corrected chi connectivity index (χ1v) is 9.62. The van der Waals surface area contributed by atoms with Crippen molar-refractivity contribution < 1.29 is 14.0 Å². The fourth-order valence-corrected chi connectivity index (χ4v) is 4.21. The number of aromatic nitrogens is 2. The van der Waals surface area contributed by atoms with Crippen molar-refractivity contribution in [2.75, 3.05) is 0 Å². The summed E-state index contributed by atoms with van der Waals surface area (Å²) in [5.41, 5.74) is 4.00. The van der Waals surface area contributed by atoms with E-state index in [4.69, 9.17) is 0 Å². The monoisotopic (exact) mass is 391 g/mol. The number of nitrogens with one attached hydrogen (secondary N) is 1. The van der Waals surface area contributed by atoms with Crippen LogP contribution >= 0.6 is 0 Å². The van der Waals surface area contributed by atoms with E-state index in [1.165, 1.54) is 12.1 Å². The number of oxime groups is 1. The highest BCUT2D eigenvalue weighted by molar-refractivity contribution is 6.04. The molecule has 1 fully saturated rings. The molecule has 1 unspecified atom stereocenters. The third-order valence-electron chi connectivity index (χ3n) is 5.91. The van der Waals surface area contributed by atoms with Crippen molar-refractivity contribution in [2.45, 2.75) is 24.7 Å². The van der Waals surface area contributed by atoms with Crippen molar-refractivity contribution in [3.8, 4) is 0 Å². The van der Waals surface area contributed by atoms with Gasteiger partial charge in [-0.1, -0.05) is 53.7 Å². The maximum Gasteiger partial charge on any atom is 0.159 e. The second-order valence-electron chi connectivity index (χ2n) is 7.70. The van der Waals surface area contributed by atoms with Crippen molar-refractivity contribution >= 4 is 11.8 Å². The Bertz CT molecular complexity index is 1130. The van der Waals surface area contributed by atoms with E-state index in [0.29, 0.717) is 23.4 Å². The first kappa shape index (κ1) is 17.8. The highest BCUT2D eigenvalue weighted by Crippen LogP contribution is 2.43. The topological polar surface area (TPSA) is 61.3 Å². The number of benzene rings is 2. The maximum absolute atomic E-state index is 14.1. The zero-order valence-electron chi connectivity index (χ0n) is 15.6. The number of hydrogen-bond donors (Lipinski definition) is 2. The van der Waals surface area contributed by atoms with E-state index in [1.54, 1.807) is 6.07 Å². The van der Waals surface area contributed by atoms with Crippen LogP contribution in [0.25, 0.3) is 6.08 Å². The van der Waals surface area contributed by atoms with Crippen LogP contribution in [0.3, 0.4) is 0 Å². The van der Waals surface area contributed by atoms with Crippen LogP contribution in [0, 0.1) is 17.6 Å². The lowest BCUT2D eigenvalue weighted by Gasteiger charge is -2.34. The molecule has 0 aliphatic heterocycles. The van der Waals surface area contributed by atoms with Gasteiger partial charge in [0.05, 0.1) is 0 Å². The molecule has 2 aliphatic rings. The smallest absolute Gasteiger partial charge is 0.159 e. The van der Waals surface area contributed by atoms with Crippen molar-refractivity contribution in [3.63, 3.8) is 0 Å². The molecule has 0 radical (unpaired) electrons. The van der Waals surface area contributed by atoms with E-state index in [1.807, 2.05) is 42.5 Å². The molecular weight excluding hydrogens is 372 g/mol. The van der Waals surface area contributed by atoms with Gasteiger partial charge in [-0.05, 0) is 36.1 Å². The Morgan fingerprint density at radius 2 is 1.86 bits per heavy atom. The van der Waals surface area contributed by atoms with Gasteiger partial charge in [-0.3, -0.25) is 5.10 Å². The lowest BCUT2D eigenvalue weighted by atomic mass is 9.68. The van der Waals surface area contributed by atoms with Gasteiger partial charge in [-0.25, -0.2) is 8.78 Å². The Labute approximate surface area is 166 Å². The molecule has 3 aromatic rings. The van der Waals surface area contributed by atoms with Crippen LogP contribution in [0.15, 0.2) is 59.8 Å². The van der Waals surface area contributed by atoms with Gasteiger partial charge in [0, 0.05) is 29.0 Å². The largest absolute Gasteiger partial charge is 0.411 e. The van der Waals surface area contributed by atoms with Crippen LogP contribution < -0.4 is 0 Å². The summed E-state index contributed by atoms with van der Waals surface area (Å²) < 4.78 is 27.7. The van der Waals surface area contributed by atoms with Crippen LogP contribution in [-0.4, -0.2) is 21.1 Å². The second kappa shape index (κ2) is 6.65. The third kappa shape index (κ3) is 2.87. The minimum Gasteiger partial charge on any atom is -0.411 e. The molecule has 2 N–H and O–H groups in total. The van der Waals surface area contributed by atoms with Crippen LogP contribution in [0.1, 0.15) is 40.9 Å². The molecule has 29 heavy (non-hydrogen) atoms. The molecule has 4 nitrogen and oxygen atoms in total. The molecule has 2 aliphatic carbocycles. The molecule has 5 rings (SSSR count). The highest BCUT2D eigenvalue weighted by atomic mass is 19.2. The lowest BCUT2D eigenvalue weighted by Crippen LogP contribution is -2.31. The van der Waals surface area contributed by atoms with Gasteiger partial charge in [0.15, 0.2) is 11.6 Å². The van der Waals surface area contributed by atoms with Crippen LogP contribution in [0.4, 0.5) is 8.78 Å². The molecule has 0 bridgehead atoms. The molecule has 1 aromatic heterocycles. The number of rotatable bonds is 4. The van der Waals surface area contributed by atoms with Crippen molar-refractivity contribution in [1.29, 1.82) is 0 Å². The van der Waals surface area contributed by atoms with E-state index < -0.39 is 17.0 Å². The predicted octanol–water partition coefficient (Wildman–Crippen LogP) is 4.83. The summed E-state index contributed by atoms with van der Waals surface area (Å²) in [7, 11) is 0. The zero-order valence-corrected chi connectivity index (χ0v) is 15.6. The third-order valence-corrected chi connectivity index (χ3v) is 5.91. The van der Waals surface area contributed by atoms with Crippen molar-refractivity contribution in [2.24, 2.45) is 11.1 Å². The van der Waals surface area contributed by atoms with Crippen molar-refractivity contribution in [3.05, 3.63) is 94.3 Å². The number of fused-ring (bicyclic) bond motifs is 1. The average Bonchev–Trinajstić information content (AvgIpc) is 3.51. The lowest BCUT2D eigenvalue weighted by molar-refractivity contribution is 0.317. The fraction of sp³-hybridized carbons (Fsp3) is 0.217. The number of halogens is 2. The molecule has 1 saturated carbocycles. The van der Waals surface area contributed by atoms with Gasteiger partial charge in [0.1, 0.15) is 11.4 Å². The number of H-pyrrole nitrogens is 1. The standard InChI is InChI=1S/C23H19F2N3O/c24-18-9-8-16(12-19(18)25)23(15-4-2-1-3-5-15)11-10-17-20(13-23)26-27-22(17)21(28-29)14-6-7-14/h1-5,8-12,14,29H,6-7,13H2,(H,26,27). The predicted molar refractivity (Wildman–Crippen MR) is 106 cm³/mol. The molecule has 1 atom stereocenters. The summed E-state index contributed by atoms with van der Waals surface area (Å²) in [4.78, 5) is 0. The summed E-state index contributed by atoms with van der Waals surface area (Å²) in [5, 5.41) is 20.4. The molecule has 0 spiro atoms. The molecule has 0 saturated heterocycles. The highest BCUT2D eigenvalue weighted by Gasteiger charge is 2.39. The molecule has 146 valence electrons. The normalized spacial score (nSPS) is 21.2. The molecular formula is C23H19F2N3O. The summed E-state index contributed by atoms with van der Waals surface area (Å²) in [6.07, 6.45) is 6.45. The molecule has 1 heterocycles. The minimum atomic E-state index is -0.870. The average molecular weight is 391 g/mol. The number of nitrogens with zero attached hydrogens (tertiary/aromatic N) is 2. The van der Waals surface area contributed by atoms with Gasteiger partial charge in [0.25, 0.3) is 0 Å². The zero-order chi connectivity index (χ0) is 20.0. The van der Waals surface area contributed by atoms with E-state index in [2.05, 4.69) is 15.4 Å². The summed E-state index contributed by atoms with van der Waals surface area (Å²) in [6.45, 7) is 0. The van der Waals surface area contributed by atoms with E-state index in [0.717, 1.165) is 29.7 Å². The number of hydrogen-bond acceptors (Lipinski definition) is 3. The van der Waals surface area contributed by atoms with E-state index in [9.17, 15) is 14.0 Å².